The summed E-state index contributed by atoms with van der Waals surface area (Å²) in [7, 11) is -1.57. The van der Waals surface area contributed by atoms with Crippen molar-refractivity contribution in [3.8, 4) is 0 Å². The SMILES string of the molecule is CC1=C2C[C@](O[Si](C)(C)C)(C3=C(C)CCC3)C[C@@H](C)[C@H]2CC1. The topological polar surface area (TPSA) is 9.23 Å². The second-order valence-electron chi connectivity index (χ2n) is 9.13. The summed E-state index contributed by atoms with van der Waals surface area (Å²) < 4.78 is 6.99. The Labute approximate surface area is 138 Å². The summed E-state index contributed by atoms with van der Waals surface area (Å²) in [5, 5.41) is 0. The standard InChI is InChI=1S/C20H34OSi/c1-14-10-11-17-16(3)12-20(13-18(14)17,21-22(4,5)6)19-9-7-8-15(19)2/h16-17H,7-13H2,1-6H3/t16-,17-,20+/m1/s1. The van der Waals surface area contributed by atoms with Gasteiger partial charge in [-0.15, -0.1) is 0 Å². The highest BCUT2D eigenvalue weighted by Crippen LogP contribution is 2.54. The summed E-state index contributed by atoms with van der Waals surface area (Å²) in [6.07, 6.45) is 9.08. The Morgan fingerprint density at radius 3 is 2.36 bits per heavy atom. The fourth-order valence-electron chi connectivity index (χ4n) is 5.44. The largest absolute Gasteiger partial charge is 0.408 e. The van der Waals surface area contributed by atoms with Crippen LogP contribution in [-0.2, 0) is 4.43 Å². The maximum absolute atomic E-state index is 6.99. The summed E-state index contributed by atoms with van der Waals surface area (Å²) in [6, 6.07) is 0. The van der Waals surface area contributed by atoms with Crippen molar-refractivity contribution in [1.82, 2.24) is 0 Å². The first-order valence-electron chi connectivity index (χ1n) is 9.30. The second kappa shape index (κ2) is 5.63. The predicted octanol–water partition coefficient (Wildman–Crippen LogP) is 6.23. The molecule has 2 heteroatoms. The second-order valence-corrected chi connectivity index (χ2v) is 13.6. The van der Waals surface area contributed by atoms with Gasteiger partial charge in [-0.25, -0.2) is 0 Å². The van der Waals surface area contributed by atoms with Crippen LogP contribution in [0.1, 0.15) is 65.7 Å². The molecule has 0 unspecified atom stereocenters. The summed E-state index contributed by atoms with van der Waals surface area (Å²) in [5.74, 6) is 1.62. The average molecular weight is 319 g/mol. The smallest absolute Gasteiger partial charge is 0.184 e. The van der Waals surface area contributed by atoms with Gasteiger partial charge in [0.25, 0.3) is 0 Å². The average Bonchev–Trinajstić information content (AvgIpc) is 2.95. The summed E-state index contributed by atoms with van der Waals surface area (Å²) in [6.45, 7) is 14.3. The first-order valence-corrected chi connectivity index (χ1v) is 12.7. The molecular formula is C20H34OSi. The predicted molar refractivity (Wildman–Crippen MR) is 97.5 cm³/mol. The zero-order chi connectivity index (χ0) is 16.1. The van der Waals surface area contributed by atoms with Crippen LogP contribution in [0, 0.1) is 11.8 Å². The van der Waals surface area contributed by atoms with Crippen molar-refractivity contribution in [3.05, 3.63) is 22.3 Å². The minimum Gasteiger partial charge on any atom is -0.408 e. The van der Waals surface area contributed by atoms with E-state index in [0.717, 1.165) is 11.8 Å². The highest BCUT2D eigenvalue weighted by Gasteiger charge is 2.49. The molecule has 1 fully saturated rings. The van der Waals surface area contributed by atoms with E-state index in [9.17, 15) is 0 Å². The Bertz CT molecular complexity index is 522. The highest BCUT2D eigenvalue weighted by atomic mass is 28.4. The molecule has 3 rings (SSSR count). The van der Waals surface area contributed by atoms with E-state index in [1.807, 2.05) is 0 Å². The summed E-state index contributed by atoms with van der Waals surface area (Å²) in [5.41, 5.74) is 6.81. The molecule has 0 heterocycles. The molecule has 0 bridgehead atoms. The van der Waals surface area contributed by atoms with E-state index in [1.165, 1.54) is 44.9 Å². The third-order valence-corrected chi connectivity index (χ3v) is 7.19. The molecule has 3 aliphatic rings. The van der Waals surface area contributed by atoms with Crippen molar-refractivity contribution in [2.45, 2.75) is 91.0 Å². The van der Waals surface area contributed by atoms with E-state index >= 15 is 0 Å². The van der Waals surface area contributed by atoms with E-state index in [0.29, 0.717) is 0 Å². The summed E-state index contributed by atoms with van der Waals surface area (Å²) in [4.78, 5) is 0. The molecule has 3 aliphatic carbocycles. The lowest BCUT2D eigenvalue weighted by Gasteiger charge is -2.48. The minimum atomic E-state index is -1.57. The first kappa shape index (κ1) is 16.5. The molecule has 22 heavy (non-hydrogen) atoms. The van der Waals surface area contributed by atoms with Gasteiger partial charge in [0.1, 0.15) is 0 Å². The van der Waals surface area contributed by atoms with Gasteiger partial charge >= 0.3 is 0 Å². The Morgan fingerprint density at radius 1 is 1.05 bits per heavy atom. The fraction of sp³-hybridized carbons (Fsp3) is 0.800. The molecule has 1 saturated carbocycles. The third kappa shape index (κ3) is 2.89. The van der Waals surface area contributed by atoms with Gasteiger partial charge in [0.15, 0.2) is 8.32 Å². The van der Waals surface area contributed by atoms with Gasteiger partial charge < -0.3 is 4.43 Å². The molecule has 0 aromatic heterocycles. The molecule has 124 valence electrons. The molecule has 1 nitrogen and oxygen atoms in total. The Kier molecular flexibility index (Phi) is 4.22. The van der Waals surface area contributed by atoms with Gasteiger partial charge in [-0.05, 0) is 89.4 Å². The molecule has 0 spiro atoms. The Hall–Kier alpha value is -0.343. The molecule has 0 aliphatic heterocycles. The molecule has 3 atom stereocenters. The monoisotopic (exact) mass is 318 g/mol. The zero-order valence-corrected chi connectivity index (χ0v) is 16.5. The molecule has 0 amide bonds. The van der Waals surface area contributed by atoms with Crippen LogP contribution in [-0.4, -0.2) is 13.9 Å². The minimum absolute atomic E-state index is 0.0436. The Balaban J connectivity index is 2.03. The molecule has 0 saturated heterocycles. The van der Waals surface area contributed by atoms with Crippen LogP contribution >= 0.6 is 0 Å². The molecule has 0 radical (unpaired) electrons. The van der Waals surface area contributed by atoms with Crippen molar-refractivity contribution in [2.75, 3.05) is 0 Å². The van der Waals surface area contributed by atoms with Crippen molar-refractivity contribution in [1.29, 1.82) is 0 Å². The number of allylic oxidation sites excluding steroid dienone is 2. The van der Waals surface area contributed by atoms with Gasteiger partial charge in [0.2, 0.25) is 0 Å². The van der Waals surface area contributed by atoms with Gasteiger partial charge in [-0.3, -0.25) is 0 Å². The lowest BCUT2D eigenvalue weighted by Crippen LogP contribution is -2.49. The van der Waals surface area contributed by atoms with Crippen LogP contribution in [0.3, 0.4) is 0 Å². The summed E-state index contributed by atoms with van der Waals surface area (Å²) >= 11 is 0. The molecule has 0 N–H and O–H groups in total. The molecule has 0 aromatic carbocycles. The van der Waals surface area contributed by atoms with Crippen LogP contribution in [0.4, 0.5) is 0 Å². The lowest BCUT2D eigenvalue weighted by molar-refractivity contribution is 0.0397. The number of rotatable bonds is 3. The number of hydrogen-bond donors (Lipinski definition) is 0. The quantitative estimate of drug-likeness (QED) is 0.442. The van der Waals surface area contributed by atoms with E-state index in [-0.39, 0.29) is 5.60 Å². The molecule has 0 aromatic rings. The van der Waals surface area contributed by atoms with Crippen LogP contribution in [0.15, 0.2) is 22.3 Å². The zero-order valence-electron chi connectivity index (χ0n) is 15.5. The first-order chi connectivity index (χ1) is 10.2. The normalized spacial score (nSPS) is 36.3. The third-order valence-electron chi connectivity index (χ3n) is 6.19. The van der Waals surface area contributed by atoms with E-state index in [4.69, 9.17) is 4.43 Å². The van der Waals surface area contributed by atoms with Gasteiger partial charge in [-0.2, -0.15) is 0 Å². The fourth-order valence-corrected chi connectivity index (χ4v) is 6.89. The van der Waals surface area contributed by atoms with Crippen LogP contribution in [0.2, 0.25) is 19.6 Å². The van der Waals surface area contributed by atoms with Crippen LogP contribution < -0.4 is 0 Å². The maximum atomic E-state index is 6.99. The van der Waals surface area contributed by atoms with Gasteiger partial charge in [0, 0.05) is 6.42 Å². The Morgan fingerprint density at radius 2 is 1.77 bits per heavy atom. The highest BCUT2D eigenvalue weighted by molar-refractivity contribution is 6.69. The van der Waals surface area contributed by atoms with Crippen molar-refractivity contribution in [3.63, 3.8) is 0 Å². The van der Waals surface area contributed by atoms with Crippen molar-refractivity contribution < 1.29 is 4.43 Å². The van der Waals surface area contributed by atoms with Gasteiger partial charge in [-0.1, -0.05) is 23.6 Å². The van der Waals surface area contributed by atoms with Crippen LogP contribution in [0.25, 0.3) is 0 Å². The van der Waals surface area contributed by atoms with E-state index in [2.05, 4.69) is 40.4 Å². The van der Waals surface area contributed by atoms with E-state index < -0.39 is 8.32 Å². The van der Waals surface area contributed by atoms with Crippen LogP contribution in [0.5, 0.6) is 0 Å². The van der Waals surface area contributed by atoms with Gasteiger partial charge in [0.05, 0.1) is 5.60 Å². The maximum Gasteiger partial charge on any atom is 0.184 e. The molecular weight excluding hydrogens is 284 g/mol. The van der Waals surface area contributed by atoms with E-state index in [1.54, 1.807) is 22.3 Å². The number of hydrogen-bond acceptors (Lipinski definition) is 1. The van der Waals surface area contributed by atoms with Crippen molar-refractivity contribution >= 4 is 8.32 Å². The van der Waals surface area contributed by atoms with Crippen molar-refractivity contribution in [2.24, 2.45) is 11.8 Å². The number of fused-ring (bicyclic) bond motifs is 1. The lowest BCUT2D eigenvalue weighted by atomic mass is 9.67.